The summed E-state index contributed by atoms with van der Waals surface area (Å²) in [4.78, 5) is 12.1. The Labute approximate surface area is 87.1 Å². The van der Waals surface area contributed by atoms with Gasteiger partial charge in [-0.1, -0.05) is 18.2 Å². The van der Waals surface area contributed by atoms with Gasteiger partial charge in [0.1, 0.15) is 0 Å². The van der Waals surface area contributed by atoms with Gasteiger partial charge in [0, 0.05) is 11.4 Å². The number of thioether (sulfide) groups is 1. The molecule has 1 amide bonds. The number of hydrogen-bond donors (Lipinski definition) is 1. The summed E-state index contributed by atoms with van der Waals surface area (Å²) in [7, 11) is 0. The van der Waals surface area contributed by atoms with Crippen LogP contribution in [0.15, 0.2) is 35.2 Å². The minimum absolute atomic E-state index is 0.119. The van der Waals surface area contributed by atoms with Crippen molar-refractivity contribution in [1.29, 1.82) is 5.26 Å². The first-order valence-corrected chi connectivity index (χ1v) is 5.02. The van der Waals surface area contributed by atoms with Gasteiger partial charge in [-0.2, -0.15) is 5.26 Å². The predicted octanol–water partition coefficient (Wildman–Crippen LogP) is 2.40. The molecule has 4 heteroatoms. The third kappa shape index (κ3) is 3.97. The third-order valence-electron chi connectivity index (χ3n) is 1.46. The van der Waals surface area contributed by atoms with E-state index in [4.69, 9.17) is 5.26 Å². The zero-order chi connectivity index (χ0) is 10.2. The van der Waals surface area contributed by atoms with Gasteiger partial charge in [0.25, 0.3) is 5.24 Å². The van der Waals surface area contributed by atoms with Crippen LogP contribution in [0.1, 0.15) is 6.42 Å². The largest absolute Gasteiger partial charge is 0.346 e. The van der Waals surface area contributed by atoms with Crippen LogP contribution in [0.25, 0.3) is 0 Å². The minimum atomic E-state index is -0.119. The maximum atomic E-state index is 11.2. The molecule has 0 aliphatic rings. The Morgan fingerprint density at radius 1 is 1.43 bits per heavy atom. The van der Waals surface area contributed by atoms with Gasteiger partial charge in [-0.15, -0.1) is 0 Å². The molecule has 0 spiro atoms. The fraction of sp³-hybridized carbons (Fsp3) is 0.200. The molecule has 1 N–H and O–H groups in total. The molecule has 0 aromatic heterocycles. The van der Waals surface area contributed by atoms with Crippen molar-refractivity contribution in [3.63, 3.8) is 0 Å². The van der Waals surface area contributed by atoms with Crippen LogP contribution in [0.4, 0.5) is 4.79 Å². The quantitative estimate of drug-likeness (QED) is 0.610. The summed E-state index contributed by atoms with van der Waals surface area (Å²) >= 11 is 1.13. The van der Waals surface area contributed by atoms with E-state index in [1.807, 2.05) is 36.4 Å². The fourth-order valence-corrected chi connectivity index (χ4v) is 1.53. The first-order chi connectivity index (χ1) is 6.83. The van der Waals surface area contributed by atoms with Crippen LogP contribution in [-0.2, 0) is 0 Å². The number of amides is 1. The van der Waals surface area contributed by atoms with Crippen molar-refractivity contribution < 1.29 is 4.79 Å². The lowest BCUT2D eigenvalue weighted by atomic mass is 10.4. The van der Waals surface area contributed by atoms with Crippen LogP contribution in [0.3, 0.4) is 0 Å². The molecule has 0 saturated carbocycles. The molecule has 72 valence electrons. The van der Waals surface area contributed by atoms with E-state index in [9.17, 15) is 4.79 Å². The van der Waals surface area contributed by atoms with E-state index in [0.717, 1.165) is 16.7 Å². The van der Waals surface area contributed by atoms with E-state index >= 15 is 0 Å². The number of benzene rings is 1. The highest BCUT2D eigenvalue weighted by Crippen LogP contribution is 2.17. The van der Waals surface area contributed by atoms with Crippen molar-refractivity contribution in [1.82, 2.24) is 5.32 Å². The van der Waals surface area contributed by atoms with Crippen LogP contribution < -0.4 is 5.32 Å². The molecule has 0 heterocycles. The molecule has 0 fully saturated rings. The molecule has 0 atom stereocenters. The van der Waals surface area contributed by atoms with Crippen molar-refractivity contribution in [2.75, 3.05) is 6.54 Å². The number of nitrogens with one attached hydrogen (secondary N) is 1. The smallest absolute Gasteiger partial charge is 0.283 e. The maximum Gasteiger partial charge on any atom is 0.283 e. The molecule has 0 saturated heterocycles. The Morgan fingerprint density at radius 3 is 2.79 bits per heavy atom. The third-order valence-corrected chi connectivity index (χ3v) is 2.30. The second-order valence-corrected chi connectivity index (χ2v) is 3.58. The summed E-state index contributed by atoms with van der Waals surface area (Å²) in [5, 5.41) is 10.8. The van der Waals surface area contributed by atoms with E-state index in [0.29, 0.717) is 13.0 Å². The topological polar surface area (TPSA) is 52.9 Å². The van der Waals surface area contributed by atoms with Crippen molar-refractivity contribution in [3.05, 3.63) is 30.3 Å². The van der Waals surface area contributed by atoms with Crippen LogP contribution >= 0.6 is 11.8 Å². The number of nitriles is 1. The molecule has 3 nitrogen and oxygen atoms in total. The number of hydrogen-bond acceptors (Lipinski definition) is 3. The molecule has 0 unspecified atom stereocenters. The summed E-state index contributed by atoms with van der Waals surface area (Å²) in [5.74, 6) is 0. The molecule has 0 aliphatic carbocycles. The highest BCUT2D eigenvalue weighted by atomic mass is 32.2. The fourth-order valence-electron chi connectivity index (χ4n) is 0.852. The summed E-state index contributed by atoms with van der Waals surface area (Å²) in [6.07, 6.45) is 0.348. The summed E-state index contributed by atoms with van der Waals surface area (Å²) < 4.78 is 0. The van der Waals surface area contributed by atoms with Crippen LogP contribution in [0, 0.1) is 11.3 Å². The monoisotopic (exact) mass is 206 g/mol. The average Bonchev–Trinajstić information content (AvgIpc) is 2.20. The molecule has 0 radical (unpaired) electrons. The van der Waals surface area contributed by atoms with E-state index < -0.39 is 0 Å². The average molecular weight is 206 g/mol. The van der Waals surface area contributed by atoms with Gasteiger partial charge < -0.3 is 5.32 Å². The number of nitrogens with zero attached hydrogens (tertiary/aromatic N) is 1. The first kappa shape index (κ1) is 10.6. The molecule has 14 heavy (non-hydrogen) atoms. The zero-order valence-corrected chi connectivity index (χ0v) is 8.38. The van der Waals surface area contributed by atoms with Crippen molar-refractivity contribution >= 4 is 17.0 Å². The Bertz CT molecular complexity index is 332. The molecule has 1 aromatic rings. The van der Waals surface area contributed by atoms with Gasteiger partial charge in [0.15, 0.2) is 0 Å². The SMILES string of the molecule is N#CCCNC(=O)Sc1ccccc1. The molecule has 1 rings (SSSR count). The molecule has 0 aliphatic heterocycles. The number of carbonyl (C=O) groups excluding carboxylic acids is 1. The molecular formula is C10H10N2OS. The normalized spacial score (nSPS) is 9.07. The summed E-state index contributed by atoms with van der Waals surface area (Å²) in [6.45, 7) is 0.412. The van der Waals surface area contributed by atoms with Crippen LogP contribution in [0.5, 0.6) is 0 Å². The lowest BCUT2D eigenvalue weighted by Gasteiger charge is -2.01. The second-order valence-electron chi connectivity index (χ2n) is 2.54. The Hall–Kier alpha value is -1.47. The maximum absolute atomic E-state index is 11.2. The Kier molecular flexibility index (Phi) is 4.59. The first-order valence-electron chi connectivity index (χ1n) is 4.20. The number of rotatable bonds is 3. The van der Waals surface area contributed by atoms with Gasteiger partial charge in [-0.25, -0.2) is 0 Å². The predicted molar refractivity (Wildman–Crippen MR) is 55.9 cm³/mol. The van der Waals surface area contributed by atoms with Crippen molar-refractivity contribution in [2.45, 2.75) is 11.3 Å². The van der Waals surface area contributed by atoms with Gasteiger partial charge >= 0.3 is 0 Å². The van der Waals surface area contributed by atoms with E-state index in [1.54, 1.807) is 0 Å². The molecule has 1 aromatic carbocycles. The molecule has 0 bridgehead atoms. The van der Waals surface area contributed by atoms with Gasteiger partial charge in [-0.05, 0) is 23.9 Å². The van der Waals surface area contributed by atoms with Gasteiger partial charge in [0.2, 0.25) is 0 Å². The van der Waals surface area contributed by atoms with Crippen LogP contribution in [0.2, 0.25) is 0 Å². The van der Waals surface area contributed by atoms with E-state index in [1.165, 1.54) is 0 Å². The van der Waals surface area contributed by atoms with Crippen molar-refractivity contribution in [3.8, 4) is 6.07 Å². The van der Waals surface area contributed by atoms with Crippen molar-refractivity contribution in [2.24, 2.45) is 0 Å². The highest BCUT2D eigenvalue weighted by molar-refractivity contribution is 8.13. The van der Waals surface area contributed by atoms with E-state index in [2.05, 4.69) is 5.32 Å². The van der Waals surface area contributed by atoms with Gasteiger partial charge in [-0.3, -0.25) is 4.79 Å². The Balaban J connectivity index is 2.32. The molecular weight excluding hydrogens is 196 g/mol. The Morgan fingerprint density at radius 2 is 2.14 bits per heavy atom. The zero-order valence-electron chi connectivity index (χ0n) is 7.56. The lowest BCUT2D eigenvalue weighted by molar-refractivity contribution is 0.261. The summed E-state index contributed by atoms with van der Waals surface area (Å²) in [6, 6.07) is 11.4. The van der Waals surface area contributed by atoms with Gasteiger partial charge in [0.05, 0.1) is 12.5 Å². The highest BCUT2D eigenvalue weighted by Gasteiger charge is 2.01. The summed E-state index contributed by atoms with van der Waals surface area (Å²) in [5.41, 5.74) is 0. The van der Waals surface area contributed by atoms with Crippen LogP contribution in [-0.4, -0.2) is 11.8 Å². The number of carbonyl (C=O) groups is 1. The second kappa shape index (κ2) is 6.06. The standard InChI is InChI=1S/C10H10N2OS/c11-7-4-8-12-10(13)14-9-5-2-1-3-6-9/h1-3,5-6H,4,8H2,(H,12,13). The van der Waals surface area contributed by atoms with E-state index in [-0.39, 0.29) is 5.24 Å². The lowest BCUT2D eigenvalue weighted by Crippen LogP contribution is -2.19. The minimum Gasteiger partial charge on any atom is -0.346 e.